The molecule has 0 saturated heterocycles. The monoisotopic (exact) mass is 463 g/mol. The van der Waals surface area contributed by atoms with E-state index in [0.29, 0.717) is 11.7 Å². The maximum atomic E-state index is 12.4. The van der Waals surface area contributed by atoms with Gasteiger partial charge in [-0.2, -0.15) is 0 Å². The molecule has 2 amide bonds. The van der Waals surface area contributed by atoms with Crippen LogP contribution in [0.1, 0.15) is 22.3 Å². The van der Waals surface area contributed by atoms with E-state index >= 15 is 0 Å². The Balaban J connectivity index is 1.58. The Bertz CT molecular complexity index is 1160. The number of benzene rings is 2. The molecular formula is C25H29N5O2S. The van der Waals surface area contributed by atoms with E-state index in [-0.39, 0.29) is 24.1 Å². The summed E-state index contributed by atoms with van der Waals surface area (Å²) in [6.07, 6.45) is 1.77. The molecule has 33 heavy (non-hydrogen) atoms. The normalized spacial score (nSPS) is 10.7. The van der Waals surface area contributed by atoms with Crippen molar-refractivity contribution < 1.29 is 9.59 Å². The van der Waals surface area contributed by atoms with Crippen molar-refractivity contribution in [2.45, 2.75) is 39.4 Å². The Hall–Kier alpha value is -3.39. The van der Waals surface area contributed by atoms with E-state index in [0.717, 1.165) is 39.3 Å². The molecule has 0 spiro atoms. The van der Waals surface area contributed by atoms with Crippen molar-refractivity contribution in [2.75, 3.05) is 17.6 Å². The number of hydrogen-bond donors (Lipinski definition) is 2. The summed E-state index contributed by atoms with van der Waals surface area (Å²) in [5, 5.41) is 14.8. The lowest BCUT2D eigenvalue weighted by Crippen LogP contribution is -2.34. The third-order valence-electron chi connectivity index (χ3n) is 5.02. The first-order chi connectivity index (χ1) is 15.8. The van der Waals surface area contributed by atoms with Crippen LogP contribution in [0.5, 0.6) is 0 Å². The first-order valence-electron chi connectivity index (χ1n) is 10.7. The van der Waals surface area contributed by atoms with Gasteiger partial charge in [-0.3, -0.25) is 14.2 Å². The van der Waals surface area contributed by atoms with Gasteiger partial charge in [-0.05, 0) is 44.9 Å². The Kier molecular flexibility index (Phi) is 8.06. The van der Waals surface area contributed by atoms with Gasteiger partial charge in [0.2, 0.25) is 11.8 Å². The molecular weight excluding hydrogens is 434 g/mol. The summed E-state index contributed by atoms with van der Waals surface area (Å²) in [5.41, 5.74) is 6.00. The number of hydrogen-bond acceptors (Lipinski definition) is 5. The molecule has 0 bridgehead atoms. The minimum Gasteiger partial charge on any atom is -0.346 e. The molecule has 172 valence electrons. The number of thioether (sulfide) groups is 1. The lowest BCUT2D eigenvalue weighted by molar-refractivity contribution is -0.122. The van der Waals surface area contributed by atoms with Gasteiger partial charge in [-0.1, -0.05) is 59.3 Å². The summed E-state index contributed by atoms with van der Waals surface area (Å²) in [6, 6.07) is 12.1. The molecule has 0 atom stereocenters. The number of amides is 2. The second-order valence-corrected chi connectivity index (χ2v) is 8.90. The van der Waals surface area contributed by atoms with Crippen molar-refractivity contribution in [1.82, 2.24) is 20.1 Å². The highest BCUT2D eigenvalue weighted by atomic mass is 32.2. The SMILES string of the molecule is C=CCn1c(SCC(=O)NCC(=O)Nc2c(C)cc(C)cc2C)nnc1-c1cccc(C)c1. The Morgan fingerprint density at radius 1 is 1.03 bits per heavy atom. The third kappa shape index (κ3) is 6.32. The van der Waals surface area contributed by atoms with Gasteiger partial charge in [0.05, 0.1) is 12.3 Å². The zero-order chi connectivity index (χ0) is 24.0. The zero-order valence-corrected chi connectivity index (χ0v) is 20.3. The number of nitrogens with zero attached hydrogens (tertiary/aromatic N) is 3. The van der Waals surface area contributed by atoms with Crippen LogP contribution in [0.25, 0.3) is 11.4 Å². The number of aryl methyl sites for hydroxylation is 4. The molecule has 0 saturated carbocycles. The van der Waals surface area contributed by atoms with Crippen LogP contribution in [0.2, 0.25) is 0 Å². The molecule has 7 nitrogen and oxygen atoms in total. The number of carbonyl (C=O) groups is 2. The largest absolute Gasteiger partial charge is 0.346 e. The lowest BCUT2D eigenvalue weighted by Gasteiger charge is -2.13. The molecule has 2 aromatic carbocycles. The topological polar surface area (TPSA) is 88.9 Å². The van der Waals surface area contributed by atoms with Gasteiger partial charge in [0, 0.05) is 17.8 Å². The Morgan fingerprint density at radius 3 is 2.42 bits per heavy atom. The predicted molar refractivity (Wildman–Crippen MR) is 133 cm³/mol. The molecule has 0 aliphatic heterocycles. The van der Waals surface area contributed by atoms with Crippen LogP contribution in [-0.2, 0) is 16.1 Å². The van der Waals surface area contributed by atoms with Gasteiger partial charge < -0.3 is 10.6 Å². The van der Waals surface area contributed by atoms with Gasteiger partial charge in [0.25, 0.3) is 0 Å². The first kappa shape index (κ1) is 24.3. The minimum absolute atomic E-state index is 0.0972. The number of aromatic nitrogens is 3. The van der Waals surface area contributed by atoms with Crippen molar-refractivity contribution in [3.63, 3.8) is 0 Å². The minimum atomic E-state index is -0.264. The summed E-state index contributed by atoms with van der Waals surface area (Å²) in [7, 11) is 0. The Labute approximate surface area is 198 Å². The highest BCUT2D eigenvalue weighted by molar-refractivity contribution is 7.99. The second-order valence-electron chi connectivity index (χ2n) is 7.96. The molecule has 3 aromatic rings. The van der Waals surface area contributed by atoms with Gasteiger partial charge >= 0.3 is 0 Å². The molecule has 0 aliphatic rings. The van der Waals surface area contributed by atoms with Gasteiger partial charge in [0.15, 0.2) is 11.0 Å². The number of carbonyl (C=O) groups excluding carboxylic acids is 2. The standard InChI is InChI=1S/C25H29N5O2S/c1-6-10-30-24(20-9-7-8-16(2)13-20)28-29-25(30)33-15-22(32)26-14-21(31)27-23-18(4)11-17(3)12-19(23)5/h6-9,11-13H,1,10,14-15H2,2-5H3,(H,26,32)(H,27,31). The van der Waals surface area contributed by atoms with Gasteiger partial charge in [-0.15, -0.1) is 16.8 Å². The van der Waals surface area contributed by atoms with E-state index in [4.69, 9.17) is 0 Å². The van der Waals surface area contributed by atoms with Crippen LogP contribution in [-0.4, -0.2) is 38.9 Å². The number of allylic oxidation sites excluding steroid dienone is 1. The smallest absolute Gasteiger partial charge is 0.243 e. The molecule has 1 aromatic heterocycles. The number of nitrogens with one attached hydrogen (secondary N) is 2. The second kappa shape index (κ2) is 11.0. The summed E-state index contributed by atoms with van der Waals surface area (Å²) in [6.45, 7) is 12.2. The number of rotatable bonds is 9. The fourth-order valence-electron chi connectivity index (χ4n) is 3.61. The van der Waals surface area contributed by atoms with Gasteiger partial charge in [0.1, 0.15) is 0 Å². The van der Waals surface area contributed by atoms with Gasteiger partial charge in [-0.25, -0.2) is 0 Å². The average molecular weight is 464 g/mol. The molecule has 2 N–H and O–H groups in total. The van der Waals surface area contributed by atoms with E-state index in [9.17, 15) is 9.59 Å². The van der Waals surface area contributed by atoms with E-state index in [1.165, 1.54) is 11.8 Å². The zero-order valence-electron chi connectivity index (χ0n) is 19.4. The summed E-state index contributed by atoms with van der Waals surface area (Å²) in [4.78, 5) is 24.7. The van der Waals surface area contributed by atoms with E-state index in [1.54, 1.807) is 6.08 Å². The van der Waals surface area contributed by atoms with Crippen molar-refractivity contribution in [3.05, 3.63) is 71.3 Å². The van der Waals surface area contributed by atoms with Crippen molar-refractivity contribution in [3.8, 4) is 11.4 Å². The molecule has 0 fully saturated rings. The highest BCUT2D eigenvalue weighted by Gasteiger charge is 2.16. The van der Waals surface area contributed by atoms with Crippen LogP contribution in [0.3, 0.4) is 0 Å². The van der Waals surface area contributed by atoms with Crippen molar-refractivity contribution in [2.24, 2.45) is 0 Å². The first-order valence-corrected chi connectivity index (χ1v) is 11.7. The molecule has 0 radical (unpaired) electrons. The van der Waals surface area contributed by atoms with Crippen LogP contribution in [0, 0.1) is 27.7 Å². The van der Waals surface area contributed by atoms with Crippen LogP contribution < -0.4 is 10.6 Å². The molecule has 8 heteroatoms. The fourth-order valence-corrected chi connectivity index (χ4v) is 4.39. The Morgan fingerprint density at radius 2 is 1.76 bits per heavy atom. The number of anilines is 1. The summed E-state index contributed by atoms with van der Waals surface area (Å²) < 4.78 is 1.93. The van der Waals surface area contributed by atoms with Crippen LogP contribution in [0.4, 0.5) is 5.69 Å². The quantitative estimate of drug-likeness (QED) is 0.367. The van der Waals surface area contributed by atoms with E-state index in [1.807, 2.05) is 68.7 Å². The summed E-state index contributed by atoms with van der Waals surface area (Å²) in [5.74, 6) is 0.335. The molecule has 1 heterocycles. The highest BCUT2D eigenvalue weighted by Crippen LogP contribution is 2.25. The van der Waals surface area contributed by atoms with Crippen LogP contribution in [0.15, 0.2) is 54.2 Å². The summed E-state index contributed by atoms with van der Waals surface area (Å²) >= 11 is 1.27. The lowest BCUT2D eigenvalue weighted by atomic mass is 10.1. The predicted octanol–water partition coefficient (Wildman–Crippen LogP) is 4.21. The van der Waals surface area contributed by atoms with E-state index < -0.39 is 0 Å². The fraction of sp³-hybridized carbons (Fsp3) is 0.280. The van der Waals surface area contributed by atoms with Crippen molar-refractivity contribution >= 4 is 29.3 Å². The molecule has 0 aliphatic carbocycles. The maximum absolute atomic E-state index is 12.4. The maximum Gasteiger partial charge on any atom is 0.243 e. The molecule has 3 rings (SSSR count). The third-order valence-corrected chi connectivity index (χ3v) is 5.99. The van der Waals surface area contributed by atoms with E-state index in [2.05, 4.69) is 27.4 Å². The van der Waals surface area contributed by atoms with Crippen molar-refractivity contribution in [1.29, 1.82) is 0 Å². The average Bonchev–Trinajstić information content (AvgIpc) is 3.16. The molecule has 0 unspecified atom stereocenters. The van der Waals surface area contributed by atoms with Crippen LogP contribution >= 0.6 is 11.8 Å².